The van der Waals surface area contributed by atoms with Crippen LogP contribution < -0.4 is 10.6 Å². The van der Waals surface area contributed by atoms with Crippen molar-refractivity contribution in [1.29, 1.82) is 0 Å². The number of nitrogens with one attached hydrogen (secondary N) is 2. The minimum Gasteiger partial charge on any atom is -0.326 e. The molecule has 26 heavy (non-hydrogen) atoms. The Kier molecular flexibility index (Phi) is 6.62. The Morgan fingerprint density at radius 1 is 0.962 bits per heavy atom. The number of carbonyl (C=O) groups excluding carboxylic acids is 2. The van der Waals surface area contributed by atoms with Crippen LogP contribution in [0, 0.1) is 9.49 Å². The molecule has 3 rings (SSSR count). The lowest BCUT2D eigenvalue weighted by Crippen LogP contribution is -2.41. The molecule has 0 spiro atoms. The number of benzene rings is 2. The van der Waals surface area contributed by atoms with E-state index in [1.165, 1.54) is 0 Å². The van der Waals surface area contributed by atoms with E-state index >= 15 is 0 Å². The number of piperidine rings is 1. The zero-order valence-electron chi connectivity index (χ0n) is 14.5. The van der Waals surface area contributed by atoms with E-state index in [0.29, 0.717) is 6.54 Å². The van der Waals surface area contributed by atoms with E-state index in [9.17, 15) is 9.59 Å². The van der Waals surface area contributed by atoms with Gasteiger partial charge in [-0.25, -0.2) is 0 Å². The second kappa shape index (κ2) is 9.14. The average molecular weight is 463 g/mol. The Hall–Kier alpha value is -1.93. The summed E-state index contributed by atoms with van der Waals surface area (Å²) in [6, 6.07) is 17.2. The number of hydrogen-bond acceptors (Lipinski definition) is 3. The normalized spacial score (nSPS) is 15.4. The molecular weight excluding hydrogens is 441 g/mol. The van der Waals surface area contributed by atoms with Crippen LogP contribution in [0.5, 0.6) is 0 Å². The maximum Gasteiger partial charge on any atom is 0.238 e. The second-order valence-electron chi connectivity index (χ2n) is 6.43. The van der Waals surface area contributed by atoms with Gasteiger partial charge in [-0.3, -0.25) is 14.5 Å². The third kappa shape index (κ3) is 5.28. The Morgan fingerprint density at radius 2 is 1.62 bits per heavy atom. The van der Waals surface area contributed by atoms with Crippen LogP contribution in [-0.4, -0.2) is 36.3 Å². The lowest BCUT2D eigenvalue weighted by molar-refractivity contribution is -0.121. The SMILES string of the molecule is O=C(CN1CCC(C(=O)Nc2ccccc2)CC1)Nc1ccccc1I. The van der Waals surface area contributed by atoms with Gasteiger partial charge in [0.05, 0.1) is 12.2 Å². The van der Waals surface area contributed by atoms with E-state index in [0.717, 1.165) is 40.9 Å². The topological polar surface area (TPSA) is 61.4 Å². The molecule has 0 radical (unpaired) electrons. The van der Waals surface area contributed by atoms with Crippen molar-refractivity contribution in [3.63, 3.8) is 0 Å². The van der Waals surface area contributed by atoms with Crippen LogP contribution >= 0.6 is 22.6 Å². The van der Waals surface area contributed by atoms with Crippen LogP contribution in [0.15, 0.2) is 54.6 Å². The highest BCUT2D eigenvalue weighted by atomic mass is 127. The predicted molar refractivity (Wildman–Crippen MR) is 112 cm³/mol. The number of hydrogen-bond donors (Lipinski definition) is 2. The van der Waals surface area contributed by atoms with Crippen LogP contribution in [0.3, 0.4) is 0 Å². The van der Waals surface area contributed by atoms with Crippen LogP contribution in [0.1, 0.15) is 12.8 Å². The number of amides is 2. The first-order valence-corrected chi connectivity index (χ1v) is 9.82. The Balaban J connectivity index is 1.44. The number of anilines is 2. The molecule has 6 heteroatoms. The lowest BCUT2D eigenvalue weighted by Gasteiger charge is -2.30. The molecule has 0 bridgehead atoms. The zero-order chi connectivity index (χ0) is 18.4. The molecular formula is C20H22IN3O2. The van der Waals surface area contributed by atoms with Crippen LogP contribution in [0.25, 0.3) is 0 Å². The monoisotopic (exact) mass is 463 g/mol. The van der Waals surface area contributed by atoms with E-state index in [1.807, 2.05) is 54.6 Å². The van der Waals surface area contributed by atoms with Crippen molar-refractivity contribution in [2.45, 2.75) is 12.8 Å². The fraction of sp³-hybridized carbons (Fsp3) is 0.300. The molecule has 0 aliphatic carbocycles. The van der Waals surface area contributed by atoms with Gasteiger partial charge in [0.1, 0.15) is 0 Å². The van der Waals surface area contributed by atoms with E-state index < -0.39 is 0 Å². The Labute approximate surface area is 167 Å². The quantitative estimate of drug-likeness (QED) is 0.667. The highest BCUT2D eigenvalue weighted by Crippen LogP contribution is 2.20. The van der Waals surface area contributed by atoms with Crippen molar-refractivity contribution < 1.29 is 9.59 Å². The minimum absolute atomic E-state index is 0.00425. The van der Waals surface area contributed by atoms with Gasteiger partial charge in [0.15, 0.2) is 0 Å². The number of nitrogens with zero attached hydrogens (tertiary/aromatic N) is 1. The van der Waals surface area contributed by atoms with Crippen molar-refractivity contribution in [2.24, 2.45) is 5.92 Å². The molecule has 2 amide bonds. The van der Waals surface area contributed by atoms with Crippen LogP contribution in [0.4, 0.5) is 11.4 Å². The standard InChI is InChI=1S/C20H22IN3O2/c21-17-8-4-5-9-18(17)23-19(25)14-24-12-10-15(11-13-24)20(26)22-16-6-2-1-3-7-16/h1-9,15H,10-14H2,(H,22,26)(H,23,25). The summed E-state index contributed by atoms with van der Waals surface area (Å²) in [5.41, 5.74) is 1.67. The van der Waals surface area contributed by atoms with E-state index in [1.54, 1.807) is 0 Å². The Morgan fingerprint density at radius 3 is 2.31 bits per heavy atom. The minimum atomic E-state index is -0.0127. The van der Waals surface area contributed by atoms with Crippen molar-refractivity contribution in [2.75, 3.05) is 30.3 Å². The van der Waals surface area contributed by atoms with Gasteiger partial charge in [0.2, 0.25) is 11.8 Å². The number of rotatable bonds is 5. The maximum atomic E-state index is 12.4. The molecule has 0 aromatic heterocycles. The predicted octanol–water partition coefficient (Wildman–Crippen LogP) is 3.58. The number of likely N-dealkylation sites (tertiary alicyclic amines) is 1. The molecule has 1 aliphatic heterocycles. The summed E-state index contributed by atoms with van der Waals surface area (Å²) in [6.07, 6.45) is 1.55. The summed E-state index contributed by atoms with van der Waals surface area (Å²) in [4.78, 5) is 26.7. The summed E-state index contributed by atoms with van der Waals surface area (Å²) in [6.45, 7) is 1.87. The molecule has 5 nitrogen and oxygen atoms in total. The highest BCUT2D eigenvalue weighted by Gasteiger charge is 2.26. The third-order valence-corrected chi connectivity index (χ3v) is 5.46. The summed E-state index contributed by atoms with van der Waals surface area (Å²) in [7, 11) is 0. The molecule has 2 aromatic rings. The first-order valence-electron chi connectivity index (χ1n) is 8.74. The van der Waals surface area contributed by atoms with Crippen molar-refractivity contribution >= 4 is 45.8 Å². The fourth-order valence-corrected chi connectivity index (χ4v) is 3.60. The average Bonchev–Trinajstić information content (AvgIpc) is 2.65. The van der Waals surface area contributed by atoms with Gasteiger partial charge in [-0.05, 0) is 72.8 Å². The smallest absolute Gasteiger partial charge is 0.238 e. The molecule has 0 saturated carbocycles. The van der Waals surface area contributed by atoms with Gasteiger partial charge in [0.25, 0.3) is 0 Å². The molecule has 1 saturated heterocycles. The van der Waals surface area contributed by atoms with Crippen LogP contribution in [-0.2, 0) is 9.59 Å². The van der Waals surface area contributed by atoms with Gasteiger partial charge in [0, 0.05) is 15.2 Å². The lowest BCUT2D eigenvalue weighted by atomic mass is 9.96. The van der Waals surface area contributed by atoms with Crippen molar-refractivity contribution in [3.05, 3.63) is 58.2 Å². The zero-order valence-corrected chi connectivity index (χ0v) is 16.6. The molecule has 1 aliphatic rings. The second-order valence-corrected chi connectivity index (χ2v) is 7.60. The molecule has 136 valence electrons. The first-order chi connectivity index (χ1) is 12.6. The van der Waals surface area contributed by atoms with E-state index in [-0.39, 0.29) is 17.7 Å². The summed E-state index contributed by atoms with van der Waals surface area (Å²) in [5.74, 6) is 0.0602. The number of halogens is 1. The van der Waals surface area contributed by atoms with E-state index in [2.05, 4.69) is 38.1 Å². The third-order valence-electron chi connectivity index (χ3n) is 4.51. The van der Waals surface area contributed by atoms with Gasteiger partial charge >= 0.3 is 0 Å². The van der Waals surface area contributed by atoms with Crippen molar-refractivity contribution in [3.8, 4) is 0 Å². The number of carbonyl (C=O) groups is 2. The molecule has 2 N–H and O–H groups in total. The highest BCUT2D eigenvalue weighted by molar-refractivity contribution is 14.1. The van der Waals surface area contributed by atoms with Gasteiger partial charge < -0.3 is 10.6 Å². The van der Waals surface area contributed by atoms with E-state index in [4.69, 9.17) is 0 Å². The van der Waals surface area contributed by atoms with Crippen molar-refractivity contribution in [1.82, 2.24) is 4.90 Å². The largest absolute Gasteiger partial charge is 0.326 e. The molecule has 2 aromatic carbocycles. The number of para-hydroxylation sites is 2. The van der Waals surface area contributed by atoms with Gasteiger partial charge in [-0.1, -0.05) is 30.3 Å². The molecule has 0 unspecified atom stereocenters. The summed E-state index contributed by atoms with van der Waals surface area (Å²) >= 11 is 2.21. The Bertz CT molecular complexity index is 759. The molecule has 0 atom stereocenters. The summed E-state index contributed by atoms with van der Waals surface area (Å²) < 4.78 is 1.02. The van der Waals surface area contributed by atoms with Crippen LogP contribution in [0.2, 0.25) is 0 Å². The molecule has 1 fully saturated rings. The fourth-order valence-electron chi connectivity index (χ4n) is 3.07. The summed E-state index contributed by atoms with van der Waals surface area (Å²) in [5, 5.41) is 5.93. The van der Waals surface area contributed by atoms with Gasteiger partial charge in [-0.15, -0.1) is 0 Å². The molecule has 1 heterocycles. The first kappa shape index (κ1) is 18.8. The van der Waals surface area contributed by atoms with Gasteiger partial charge in [-0.2, -0.15) is 0 Å². The maximum absolute atomic E-state index is 12.4.